The molecule has 0 bridgehead atoms. The number of aromatic nitrogens is 2. The summed E-state index contributed by atoms with van der Waals surface area (Å²) in [6.07, 6.45) is 0.535. The van der Waals surface area contributed by atoms with Crippen molar-refractivity contribution >= 4 is 5.91 Å². The Kier molecular flexibility index (Phi) is 4.11. The van der Waals surface area contributed by atoms with Crippen molar-refractivity contribution in [2.75, 3.05) is 13.7 Å². The standard InChI is InChI=1S/C18H23N3O2/c1-11(2)21-10-14(9-16(21)22)18-19-12(3)17(20-18)13-5-7-15(23-4)8-6-13/h5-8,11,14H,9-10H2,1-4H3,(H,19,20)/t14-/m0/s1. The summed E-state index contributed by atoms with van der Waals surface area (Å²) in [5, 5.41) is 0. The number of H-pyrrole nitrogens is 1. The molecule has 1 aromatic carbocycles. The van der Waals surface area contributed by atoms with Crippen LogP contribution in [-0.2, 0) is 4.79 Å². The van der Waals surface area contributed by atoms with E-state index >= 15 is 0 Å². The summed E-state index contributed by atoms with van der Waals surface area (Å²) < 4.78 is 5.20. The zero-order valence-corrected chi connectivity index (χ0v) is 14.1. The third kappa shape index (κ3) is 2.96. The second kappa shape index (κ2) is 6.07. The van der Waals surface area contributed by atoms with Gasteiger partial charge in [-0.25, -0.2) is 4.98 Å². The van der Waals surface area contributed by atoms with E-state index in [2.05, 4.69) is 18.8 Å². The maximum Gasteiger partial charge on any atom is 0.223 e. The number of carbonyl (C=O) groups is 1. The number of aromatic amines is 1. The van der Waals surface area contributed by atoms with Crippen LogP contribution in [0.1, 0.15) is 37.7 Å². The van der Waals surface area contributed by atoms with E-state index in [-0.39, 0.29) is 17.9 Å². The van der Waals surface area contributed by atoms with Crippen molar-refractivity contribution < 1.29 is 9.53 Å². The van der Waals surface area contributed by atoms with Crippen molar-refractivity contribution in [3.05, 3.63) is 35.8 Å². The Morgan fingerprint density at radius 3 is 2.57 bits per heavy atom. The summed E-state index contributed by atoms with van der Waals surface area (Å²) in [6.45, 7) is 6.87. The lowest BCUT2D eigenvalue weighted by Crippen LogP contribution is -2.31. The molecule has 2 aromatic rings. The van der Waals surface area contributed by atoms with Crippen molar-refractivity contribution in [3.63, 3.8) is 0 Å². The molecule has 1 aromatic heterocycles. The molecule has 1 aliphatic heterocycles. The Morgan fingerprint density at radius 2 is 2.00 bits per heavy atom. The van der Waals surface area contributed by atoms with E-state index in [1.54, 1.807) is 7.11 Å². The summed E-state index contributed by atoms with van der Waals surface area (Å²) in [4.78, 5) is 22.2. The van der Waals surface area contributed by atoms with Crippen LogP contribution in [0.25, 0.3) is 11.3 Å². The Balaban J connectivity index is 1.85. The molecular formula is C18H23N3O2. The molecule has 23 heavy (non-hydrogen) atoms. The van der Waals surface area contributed by atoms with Gasteiger partial charge in [-0.1, -0.05) is 0 Å². The fourth-order valence-corrected chi connectivity index (χ4v) is 3.12. The van der Waals surface area contributed by atoms with Gasteiger partial charge in [-0.2, -0.15) is 0 Å². The Bertz CT molecular complexity index is 704. The Labute approximate surface area is 136 Å². The van der Waals surface area contributed by atoms with Crippen LogP contribution in [0.2, 0.25) is 0 Å². The third-order valence-electron chi connectivity index (χ3n) is 4.43. The van der Waals surface area contributed by atoms with Crippen LogP contribution in [0.5, 0.6) is 5.75 Å². The van der Waals surface area contributed by atoms with Gasteiger partial charge in [0.25, 0.3) is 0 Å². The second-order valence-corrected chi connectivity index (χ2v) is 6.37. The van der Waals surface area contributed by atoms with Crippen molar-refractivity contribution in [2.24, 2.45) is 0 Å². The molecule has 3 rings (SSSR count). The number of nitrogens with one attached hydrogen (secondary N) is 1. The average molecular weight is 313 g/mol. The maximum atomic E-state index is 12.1. The lowest BCUT2D eigenvalue weighted by molar-refractivity contribution is -0.129. The minimum atomic E-state index is 0.149. The Morgan fingerprint density at radius 1 is 1.30 bits per heavy atom. The SMILES string of the molecule is COc1ccc(-c2nc([C@H]3CC(=O)N(C(C)C)C3)[nH]c2C)cc1. The van der Waals surface area contributed by atoms with Crippen LogP contribution in [0, 0.1) is 6.92 Å². The lowest BCUT2D eigenvalue weighted by atomic mass is 10.1. The highest BCUT2D eigenvalue weighted by Gasteiger charge is 2.34. The number of aryl methyl sites for hydroxylation is 1. The molecule has 5 heteroatoms. The van der Waals surface area contributed by atoms with E-state index in [9.17, 15) is 4.79 Å². The summed E-state index contributed by atoms with van der Waals surface area (Å²) in [7, 11) is 1.66. The number of nitrogens with zero attached hydrogens (tertiary/aromatic N) is 2. The first kappa shape index (κ1) is 15.6. The molecule has 0 saturated carbocycles. The molecule has 1 saturated heterocycles. The average Bonchev–Trinajstić information content (AvgIpc) is 3.10. The zero-order valence-electron chi connectivity index (χ0n) is 14.1. The van der Waals surface area contributed by atoms with Crippen molar-refractivity contribution in [2.45, 2.75) is 39.2 Å². The number of benzene rings is 1. The highest BCUT2D eigenvalue weighted by molar-refractivity contribution is 5.80. The van der Waals surface area contributed by atoms with Gasteiger partial charge in [-0.15, -0.1) is 0 Å². The van der Waals surface area contributed by atoms with Crippen LogP contribution in [-0.4, -0.2) is 40.5 Å². The number of amides is 1. The molecule has 0 aliphatic carbocycles. The molecule has 1 amide bonds. The van der Waals surface area contributed by atoms with Gasteiger partial charge >= 0.3 is 0 Å². The van der Waals surface area contributed by atoms with Crippen molar-refractivity contribution in [3.8, 4) is 17.0 Å². The first-order valence-corrected chi connectivity index (χ1v) is 8.00. The number of rotatable bonds is 4. The number of hydrogen-bond acceptors (Lipinski definition) is 3. The highest BCUT2D eigenvalue weighted by atomic mass is 16.5. The summed E-state index contributed by atoms with van der Waals surface area (Å²) in [5.41, 5.74) is 3.02. The van der Waals surface area contributed by atoms with E-state index in [1.165, 1.54) is 0 Å². The first-order valence-electron chi connectivity index (χ1n) is 8.00. The third-order valence-corrected chi connectivity index (χ3v) is 4.43. The number of ether oxygens (including phenoxy) is 1. The summed E-state index contributed by atoms with van der Waals surface area (Å²) in [6, 6.07) is 8.12. The largest absolute Gasteiger partial charge is 0.497 e. The zero-order chi connectivity index (χ0) is 16.6. The quantitative estimate of drug-likeness (QED) is 0.943. The van der Waals surface area contributed by atoms with Crippen LogP contribution < -0.4 is 4.74 Å². The van der Waals surface area contributed by atoms with E-state index in [4.69, 9.17) is 9.72 Å². The van der Waals surface area contributed by atoms with Gasteiger partial charge in [-0.05, 0) is 45.0 Å². The topological polar surface area (TPSA) is 58.2 Å². The van der Waals surface area contributed by atoms with Gasteiger partial charge in [0.05, 0.1) is 12.8 Å². The molecule has 1 fully saturated rings. The first-order chi connectivity index (χ1) is 11.0. The molecular weight excluding hydrogens is 290 g/mol. The maximum absolute atomic E-state index is 12.1. The van der Waals surface area contributed by atoms with Crippen LogP contribution in [0.15, 0.2) is 24.3 Å². The highest BCUT2D eigenvalue weighted by Crippen LogP contribution is 2.31. The lowest BCUT2D eigenvalue weighted by Gasteiger charge is -2.20. The number of methoxy groups -OCH3 is 1. The van der Waals surface area contributed by atoms with E-state index in [0.717, 1.165) is 35.1 Å². The molecule has 122 valence electrons. The van der Waals surface area contributed by atoms with E-state index in [1.807, 2.05) is 36.1 Å². The normalized spacial score (nSPS) is 18.0. The molecule has 1 N–H and O–H groups in total. The van der Waals surface area contributed by atoms with E-state index in [0.29, 0.717) is 6.42 Å². The molecule has 0 radical (unpaired) electrons. The number of hydrogen-bond donors (Lipinski definition) is 1. The van der Waals surface area contributed by atoms with Crippen LogP contribution in [0.4, 0.5) is 0 Å². The molecule has 2 heterocycles. The van der Waals surface area contributed by atoms with Crippen molar-refractivity contribution in [1.29, 1.82) is 0 Å². The molecule has 1 atom stereocenters. The summed E-state index contributed by atoms with van der Waals surface area (Å²) >= 11 is 0. The molecule has 5 nitrogen and oxygen atoms in total. The van der Waals surface area contributed by atoms with Gasteiger partial charge in [0.2, 0.25) is 5.91 Å². The molecule has 0 spiro atoms. The van der Waals surface area contributed by atoms with Gasteiger partial charge in [0.15, 0.2) is 0 Å². The minimum Gasteiger partial charge on any atom is -0.497 e. The number of imidazole rings is 1. The predicted molar refractivity (Wildman–Crippen MR) is 89.5 cm³/mol. The van der Waals surface area contributed by atoms with Crippen LogP contribution >= 0.6 is 0 Å². The van der Waals surface area contributed by atoms with Crippen molar-refractivity contribution in [1.82, 2.24) is 14.9 Å². The summed E-state index contributed by atoms with van der Waals surface area (Å²) in [5.74, 6) is 2.10. The predicted octanol–water partition coefficient (Wildman–Crippen LogP) is 3.12. The number of carbonyl (C=O) groups excluding carboxylic acids is 1. The molecule has 1 aliphatic rings. The molecule has 0 unspecified atom stereocenters. The monoisotopic (exact) mass is 313 g/mol. The van der Waals surface area contributed by atoms with Gasteiger partial charge < -0.3 is 14.6 Å². The Hall–Kier alpha value is -2.30. The second-order valence-electron chi connectivity index (χ2n) is 6.37. The smallest absolute Gasteiger partial charge is 0.223 e. The number of likely N-dealkylation sites (tertiary alicyclic amines) is 1. The van der Waals surface area contributed by atoms with Crippen LogP contribution in [0.3, 0.4) is 0 Å². The fourth-order valence-electron chi connectivity index (χ4n) is 3.12. The van der Waals surface area contributed by atoms with Gasteiger partial charge in [0.1, 0.15) is 11.6 Å². The van der Waals surface area contributed by atoms with E-state index < -0.39 is 0 Å². The van der Waals surface area contributed by atoms with Gasteiger partial charge in [-0.3, -0.25) is 4.79 Å². The minimum absolute atomic E-state index is 0.149. The fraction of sp³-hybridized carbons (Fsp3) is 0.444. The van der Waals surface area contributed by atoms with Gasteiger partial charge in [0, 0.05) is 36.2 Å².